The van der Waals surface area contributed by atoms with Crippen LogP contribution in [0.4, 0.5) is 0 Å². The van der Waals surface area contributed by atoms with E-state index in [4.69, 9.17) is 9.15 Å². The number of nitrogens with zero attached hydrogens (tertiary/aromatic N) is 1. The molecule has 2 heterocycles. The molecule has 144 valence electrons. The minimum Gasteiger partial charge on any atom is -0.497 e. The average molecular weight is 370 g/mol. The minimum absolute atomic E-state index is 0.0671. The average Bonchev–Trinajstić information content (AvgIpc) is 3.12. The number of carbonyl (C=O) groups excluding carboxylic acids is 2. The van der Waals surface area contributed by atoms with E-state index in [1.54, 1.807) is 19.2 Å². The van der Waals surface area contributed by atoms with Gasteiger partial charge in [0.2, 0.25) is 5.91 Å². The zero-order valence-corrected chi connectivity index (χ0v) is 15.6. The third kappa shape index (κ3) is 4.90. The van der Waals surface area contributed by atoms with Crippen molar-refractivity contribution in [3.8, 4) is 5.75 Å². The number of hydrogen-bond donors (Lipinski definition) is 1. The Kier molecular flexibility index (Phi) is 6.52. The Morgan fingerprint density at radius 3 is 2.70 bits per heavy atom. The Bertz CT molecular complexity index is 740. The Morgan fingerprint density at radius 2 is 2.00 bits per heavy atom. The molecule has 27 heavy (non-hydrogen) atoms. The molecule has 3 rings (SSSR count). The number of hydrogen-bond acceptors (Lipinski definition) is 4. The first-order valence-corrected chi connectivity index (χ1v) is 9.44. The van der Waals surface area contributed by atoms with Gasteiger partial charge in [-0.15, -0.1) is 0 Å². The number of carbonyl (C=O) groups is 2. The number of benzene rings is 1. The van der Waals surface area contributed by atoms with Crippen molar-refractivity contribution in [3.05, 3.63) is 54.0 Å². The third-order valence-electron chi connectivity index (χ3n) is 4.94. The minimum atomic E-state index is -0.296. The van der Waals surface area contributed by atoms with Crippen LogP contribution in [-0.4, -0.2) is 36.9 Å². The Hall–Kier alpha value is -2.76. The second-order valence-electron chi connectivity index (χ2n) is 6.71. The van der Waals surface area contributed by atoms with Gasteiger partial charge in [-0.25, -0.2) is 0 Å². The summed E-state index contributed by atoms with van der Waals surface area (Å²) in [6, 6.07) is 11.3. The molecular formula is C21H26N2O4. The van der Waals surface area contributed by atoms with Crippen LogP contribution in [0, 0.1) is 0 Å². The molecule has 0 spiro atoms. The van der Waals surface area contributed by atoms with Gasteiger partial charge in [0, 0.05) is 19.5 Å². The molecule has 1 saturated heterocycles. The van der Waals surface area contributed by atoms with Gasteiger partial charge < -0.3 is 19.4 Å². The highest BCUT2D eigenvalue weighted by molar-refractivity contribution is 5.91. The van der Waals surface area contributed by atoms with Crippen LogP contribution >= 0.6 is 0 Å². The molecule has 0 unspecified atom stereocenters. The predicted octanol–water partition coefficient (Wildman–Crippen LogP) is 3.55. The van der Waals surface area contributed by atoms with Crippen molar-refractivity contribution >= 4 is 11.8 Å². The molecule has 1 aromatic carbocycles. The zero-order chi connectivity index (χ0) is 19.1. The molecule has 1 atom stereocenters. The van der Waals surface area contributed by atoms with Gasteiger partial charge in [-0.05, 0) is 42.7 Å². The zero-order valence-electron chi connectivity index (χ0n) is 15.6. The fourth-order valence-electron chi connectivity index (χ4n) is 3.50. The van der Waals surface area contributed by atoms with Gasteiger partial charge >= 0.3 is 0 Å². The van der Waals surface area contributed by atoms with Gasteiger partial charge in [0.25, 0.3) is 5.91 Å². The molecular weight excluding hydrogens is 344 g/mol. The summed E-state index contributed by atoms with van der Waals surface area (Å²) in [5.41, 5.74) is 1.13. The lowest BCUT2D eigenvalue weighted by Gasteiger charge is -2.30. The summed E-state index contributed by atoms with van der Waals surface area (Å²) in [4.78, 5) is 26.7. The van der Waals surface area contributed by atoms with E-state index in [1.807, 2.05) is 29.2 Å². The topological polar surface area (TPSA) is 71.8 Å². The first-order chi connectivity index (χ1) is 13.2. The highest BCUT2D eigenvalue weighted by atomic mass is 16.5. The Balaban J connectivity index is 1.61. The van der Waals surface area contributed by atoms with Crippen LogP contribution in [0.3, 0.4) is 0 Å². The van der Waals surface area contributed by atoms with E-state index in [0.29, 0.717) is 6.54 Å². The maximum atomic E-state index is 12.9. The maximum Gasteiger partial charge on any atom is 0.286 e. The van der Waals surface area contributed by atoms with E-state index in [0.717, 1.165) is 43.5 Å². The van der Waals surface area contributed by atoms with Gasteiger partial charge in [0.15, 0.2) is 5.76 Å². The lowest BCUT2D eigenvalue weighted by molar-refractivity contribution is -0.133. The van der Waals surface area contributed by atoms with Crippen LogP contribution in [0.15, 0.2) is 47.1 Å². The Morgan fingerprint density at radius 1 is 1.19 bits per heavy atom. The second-order valence-corrected chi connectivity index (χ2v) is 6.71. The lowest BCUT2D eigenvalue weighted by atomic mass is 10.0. The predicted molar refractivity (Wildman–Crippen MR) is 102 cm³/mol. The summed E-state index contributed by atoms with van der Waals surface area (Å²) in [6.07, 6.45) is 5.94. The van der Waals surface area contributed by atoms with Crippen molar-refractivity contribution in [1.29, 1.82) is 0 Å². The number of ether oxygens (including phenoxy) is 1. The van der Waals surface area contributed by atoms with Crippen LogP contribution in [0.5, 0.6) is 5.75 Å². The number of furan rings is 1. The fraction of sp³-hybridized carbons (Fsp3) is 0.429. The standard InChI is InChI=1S/C21H26N2O4/c1-26-17-10-8-16(9-11-17)18-6-3-2-4-14-23(18)20(24)12-13-22-21(25)19-7-5-15-27-19/h5,7-11,15,18H,2-4,6,12-14H2,1H3,(H,22,25)/t18-/m1/s1. The quantitative estimate of drug-likeness (QED) is 0.844. The molecule has 1 aliphatic heterocycles. The van der Waals surface area contributed by atoms with Crippen LogP contribution in [0.25, 0.3) is 0 Å². The SMILES string of the molecule is COc1ccc([C@H]2CCCCCN2C(=O)CCNC(=O)c2ccco2)cc1. The number of likely N-dealkylation sites (tertiary alicyclic amines) is 1. The number of rotatable bonds is 6. The molecule has 2 aromatic rings. The van der Waals surface area contributed by atoms with Gasteiger partial charge in [0.1, 0.15) is 5.75 Å². The highest BCUT2D eigenvalue weighted by Crippen LogP contribution is 2.31. The molecule has 1 N–H and O–H groups in total. The molecule has 0 aliphatic carbocycles. The van der Waals surface area contributed by atoms with E-state index in [2.05, 4.69) is 5.32 Å². The second kappa shape index (κ2) is 9.26. The normalized spacial score (nSPS) is 17.2. The van der Waals surface area contributed by atoms with E-state index in [1.165, 1.54) is 6.26 Å². The van der Waals surface area contributed by atoms with Crippen molar-refractivity contribution in [3.63, 3.8) is 0 Å². The summed E-state index contributed by atoms with van der Waals surface area (Å²) in [5.74, 6) is 0.840. The first kappa shape index (κ1) is 19.0. The molecule has 6 nitrogen and oxygen atoms in total. The number of methoxy groups -OCH3 is 1. The van der Waals surface area contributed by atoms with Crippen molar-refractivity contribution in [2.24, 2.45) is 0 Å². The summed E-state index contributed by atoms with van der Waals surface area (Å²) in [5, 5.41) is 2.74. The van der Waals surface area contributed by atoms with Crippen molar-refractivity contribution in [2.45, 2.75) is 38.1 Å². The summed E-state index contributed by atoms with van der Waals surface area (Å²) in [6.45, 7) is 1.05. The van der Waals surface area contributed by atoms with Gasteiger partial charge in [-0.2, -0.15) is 0 Å². The monoisotopic (exact) mass is 370 g/mol. The molecule has 0 radical (unpaired) electrons. The van der Waals surface area contributed by atoms with E-state index in [9.17, 15) is 9.59 Å². The molecule has 1 aromatic heterocycles. The lowest BCUT2D eigenvalue weighted by Crippen LogP contribution is -2.37. The van der Waals surface area contributed by atoms with Crippen molar-refractivity contribution in [1.82, 2.24) is 10.2 Å². The van der Waals surface area contributed by atoms with Crippen LogP contribution in [0.2, 0.25) is 0 Å². The van der Waals surface area contributed by atoms with Crippen LogP contribution < -0.4 is 10.1 Å². The third-order valence-corrected chi connectivity index (χ3v) is 4.94. The summed E-state index contributed by atoms with van der Waals surface area (Å²) in [7, 11) is 1.65. The first-order valence-electron chi connectivity index (χ1n) is 9.44. The molecule has 0 bridgehead atoms. The van der Waals surface area contributed by atoms with Crippen LogP contribution in [-0.2, 0) is 4.79 Å². The van der Waals surface area contributed by atoms with Crippen molar-refractivity contribution < 1.29 is 18.7 Å². The number of amides is 2. The maximum absolute atomic E-state index is 12.9. The number of nitrogens with one attached hydrogen (secondary N) is 1. The molecule has 6 heteroatoms. The summed E-state index contributed by atoms with van der Waals surface area (Å²) < 4.78 is 10.3. The Labute approximate surface area is 159 Å². The van der Waals surface area contributed by atoms with E-state index >= 15 is 0 Å². The molecule has 1 fully saturated rings. The van der Waals surface area contributed by atoms with Crippen LogP contribution in [0.1, 0.15) is 54.3 Å². The smallest absolute Gasteiger partial charge is 0.286 e. The molecule has 2 amide bonds. The van der Waals surface area contributed by atoms with Gasteiger partial charge in [-0.3, -0.25) is 9.59 Å². The van der Waals surface area contributed by atoms with E-state index < -0.39 is 0 Å². The van der Waals surface area contributed by atoms with Gasteiger partial charge in [-0.1, -0.05) is 25.0 Å². The van der Waals surface area contributed by atoms with Crippen molar-refractivity contribution in [2.75, 3.05) is 20.2 Å². The molecule has 0 saturated carbocycles. The summed E-state index contributed by atoms with van der Waals surface area (Å²) >= 11 is 0. The van der Waals surface area contributed by atoms with Gasteiger partial charge in [0.05, 0.1) is 19.4 Å². The largest absolute Gasteiger partial charge is 0.497 e. The highest BCUT2D eigenvalue weighted by Gasteiger charge is 2.26. The molecule has 1 aliphatic rings. The fourth-order valence-corrected chi connectivity index (χ4v) is 3.50. The van der Waals surface area contributed by atoms with E-state index in [-0.39, 0.29) is 30.0 Å².